The molecule has 0 heterocycles. The van der Waals surface area contributed by atoms with E-state index in [-0.39, 0.29) is 17.2 Å². The number of benzene rings is 4. The molecule has 0 radical (unpaired) electrons. The van der Waals surface area contributed by atoms with Gasteiger partial charge in [0.05, 0.1) is 17.5 Å². The second-order valence-electron chi connectivity index (χ2n) is 8.69. The molecule has 4 rings (SSSR count). The first-order valence-electron chi connectivity index (χ1n) is 12.6. The van der Waals surface area contributed by atoms with Gasteiger partial charge in [0.15, 0.2) is 21.0 Å². The lowest BCUT2D eigenvalue weighted by Gasteiger charge is -2.17. The number of hydrogen-bond donors (Lipinski definition) is 0. The van der Waals surface area contributed by atoms with E-state index in [1.165, 1.54) is 20.2 Å². The quantitative estimate of drug-likeness (QED) is 0.112. The van der Waals surface area contributed by atoms with Gasteiger partial charge in [-0.05, 0) is 85.5 Å². The molecule has 0 N–H and O–H groups in total. The first-order valence-corrected chi connectivity index (χ1v) is 13.8. The fraction of sp³-hybridized carbons (Fsp3) is 0.250. The Morgan fingerprint density at radius 1 is 0.611 bits per heavy atom. The SMILES string of the molecule is CCC(C)c1ccc(OC(C)OCCOc2ccc([S+](c3ccccc3)c3ccccc3)cc2)cc1. The summed E-state index contributed by atoms with van der Waals surface area (Å²) in [6, 6.07) is 38.0. The van der Waals surface area contributed by atoms with Crippen molar-refractivity contribution >= 4 is 10.9 Å². The van der Waals surface area contributed by atoms with E-state index in [4.69, 9.17) is 14.2 Å². The van der Waals surface area contributed by atoms with E-state index >= 15 is 0 Å². The van der Waals surface area contributed by atoms with E-state index in [0.717, 1.165) is 17.9 Å². The molecule has 0 aliphatic heterocycles. The van der Waals surface area contributed by atoms with Crippen LogP contribution in [0.15, 0.2) is 124 Å². The van der Waals surface area contributed by atoms with Crippen LogP contribution < -0.4 is 9.47 Å². The lowest BCUT2D eigenvalue weighted by molar-refractivity contribution is -0.0739. The molecule has 0 amide bonds. The maximum atomic E-state index is 5.93. The summed E-state index contributed by atoms with van der Waals surface area (Å²) in [4.78, 5) is 3.86. The zero-order chi connectivity index (χ0) is 25.2. The molecule has 0 saturated carbocycles. The van der Waals surface area contributed by atoms with Gasteiger partial charge in [0.2, 0.25) is 0 Å². The van der Waals surface area contributed by atoms with E-state index in [1.54, 1.807) is 0 Å². The van der Waals surface area contributed by atoms with Gasteiger partial charge in [0.25, 0.3) is 0 Å². The molecule has 4 aromatic carbocycles. The molecule has 0 fully saturated rings. The second kappa shape index (κ2) is 13.2. The van der Waals surface area contributed by atoms with Crippen LogP contribution in [0.5, 0.6) is 11.5 Å². The van der Waals surface area contributed by atoms with Gasteiger partial charge < -0.3 is 14.2 Å². The molecule has 0 bridgehead atoms. The highest BCUT2D eigenvalue weighted by Gasteiger charge is 2.28. The summed E-state index contributed by atoms with van der Waals surface area (Å²) in [6.07, 6.45) is 0.785. The third-order valence-corrected chi connectivity index (χ3v) is 8.32. The molecular weight excluding hydrogens is 464 g/mol. The summed E-state index contributed by atoms with van der Waals surface area (Å²) in [5.74, 6) is 2.21. The summed E-state index contributed by atoms with van der Waals surface area (Å²) in [6.45, 7) is 7.26. The van der Waals surface area contributed by atoms with Gasteiger partial charge in [-0.25, -0.2) is 0 Å². The van der Waals surface area contributed by atoms with Crippen molar-refractivity contribution in [3.8, 4) is 11.5 Å². The van der Waals surface area contributed by atoms with Crippen LogP contribution in [0.2, 0.25) is 0 Å². The van der Waals surface area contributed by atoms with Crippen LogP contribution in [0.25, 0.3) is 0 Å². The summed E-state index contributed by atoms with van der Waals surface area (Å²) >= 11 is 0. The predicted octanol–water partition coefficient (Wildman–Crippen LogP) is 8.12. The molecule has 4 heteroatoms. The third kappa shape index (κ3) is 7.16. The number of ether oxygens (including phenoxy) is 3. The molecule has 2 unspecified atom stereocenters. The Hall–Kier alpha value is -3.21. The zero-order valence-electron chi connectivity index (χ0n) is 21.3. The van der Waals surface area contributed by atoms with Crippen molar-refractivity contribution in [1.82, 2.24) is 0 Å². The van der Waals surface area contributed by atoms with Crippen LogP contribution >= 0.6 is 0 Å². The average molecular weight is 500 g/mol. The maximum Gasteiger partial charge on any atom is 0.197 e. The standard InChI is InChI=1S/C32H35O3S/c1-4-25(2)27-15-17-29(18-16-27)35-26(3)33-23-24-34-28-19-21-32(22-20-28)36(30-11-7-5-8-12-30)31-13-9-6-10-14-31/h5-22,25-26H,4,23-24H2,1-3H3/q+1. The second-order valence-corrected chi connectivity index (χ2v) is 10.7. The van der Waals surface area contributed by atoms with Crippen LogP contribution in [0.1, 0.15) is 38.7 Å². The maximum absolute atomic E-state index is 5.93. The molecule has 186 valence electrons. The largest absolute Gasteiger partial charge is 0.491 e. The lowest BCUT2D eigenvalue weighted by Crippen LogP contribution is -2.19. The summed E-state index contributed by atoms with van der Waals surface area (Å²) in [5.41, 5.74) is 1.33. The Labute approximate surface area is 218 Å². The summed E-state index contributed by atoms with van der Waals surface area (Å²) < 4.78 is 17.6. The molecule has 0 aliphatic carbocycles. The van der Waals surface area contributed by atoms with Gasteiger partial charge in [0.1, 0.15) is 18.1 Å². The average Bonchev–Trinajstić information content (AvgIpc) is 2.93. The first kappa shape index (κ1) is 25.9. The summed E-state index contributed by atoms with van der Waals surface area (Å²) in [7, 11) is -0.158. The van der Waals surface area contributed by atoms with Crippen molar-refractivity contribution in [2.45, 2.75) is 54.1 Å². The molecule has 0 spiro atoms. The Kier molecular flexibility index (Phi) is 9.48. The minimum absolute atomic E-state index is 0.158. The van der Waals surface area contributed by atoms with E-state index in [9.17, 15) is 0 Å². The number of hydrogen-bond acceptors (Lipinski definition) is 3. The van der Waals surface area contributed by atoms with E-state index in [1.807, 2.05) is 31.2 Å². The number of rotatable bonds is 12. The van der Waals surface area contributed by atoms with Crippen molar-refractivity contribution in [1.29, 1.82) is 0 Å². The van der Waals surface area contributed by atoms with Crippen molar-refractivity contribution in [2.75, 3.05) is 13.2 Å². The van der Waals surface area contributed by atoms with E-state index in [0.29, 0.717) is 19.1 Å². The van der Waals surface area contributed by atoms with Crippen molar-refractivity contribution in [3.05, 3.63) is 115 Å². The fourth-order valence-electron chi connectivity index (χ4n) is 3.90. The topological polar surface area (TPSA) is 27.7 Å². The minimum atomic E-state index is -0.343. The van der Waals surface area contributed by atoms with Crippen molar-refractivity contribution in [2.24, 2.45) is 0 Å². The lowest BCUT2D eigenvalue weighted by atomic mass is 9.99. The summed E-state index contributed by atoms with van der Waals surface area (Å²) in [5, 5.41) is 0. The zero-order valence-corrected chi connectivity index (χ0v) is 22.1. The highest BCUT2D eigenvalue weighted by molar-refractivity contribution is 7.97. The molecule has 0 aliphatic rings. The smallest absolute Gasteiger partial charge is 0.197 e. The van der Waals surface area contributed by atoms with Crippen molar-refractivity contribution < 1.29 is 14.2 Å². The Morgan fingerprint density at radius 3 is 1.69 bits per heavy atom. The Bertz CT molecular complexity index is 1120. The highest BCUT2D eigenvalue weighted by Crippen LogP contribution is 2.32. The van der Waals surface area contributed by atoms with Crippen LogP contribution in [-0.4, -0.2) is 19.5 Å². The van der Waals surface area contributed by atoms with Crippen LogP contribution in [-0.2, 0) is 15.6 Å². The van der Waals surface area contributed by atoms with Crippen LogP contribution in [0.3, 0.4) is 0 Å². The van der Waals surface area contributed by atoms with Gasteiger partial charge in [-0.3, -0.25) is 0 Å². The van der Waals surface area contributed by atoms with E-state index in [2.05, 4.69) is 98.8 Å². The highest BCUT2D eigenvalue weighted by atomic mass is 32.2. The molecule has 2 atom stereocenters. The first-order chi connectivity index (χ1) is 17.6. The monoisotopic (exact) mass is 499 g/mol. The van der Waals surface area contributed by atoms with Gasteiger partial charge in [-0.2, -0.15) is 0 Å². The fourth-order valence-corrected chi connectivity index (χ4v) is 5.99. The van der Waals surface area contributed by atoms with Gasteiger partial charge >= 0.3 is 0 Å². The van der Waals surface area contributed by atoms with Gasteiger partial charge in [-0.15, -0.1) is 0 Å². The van der Waals surface area contributed by atoms with E-state index < -0.39 is 0 Å². The van der Waals surface area contributed by atoms with Gasteiger partial charge in [0, 0.05) is 0 Å². The predicted molar refractivity (Wildman–Crippen MR) is 148 cm³/mol. The van der Waals surface area contributed by atoms with Crippen molar-refractivity contribution in [3.63, 3.8) is 0 Å². The van der Waals surface area contributed by atoms with Crippen LogP contribution in [0, 0.1) is 0 Å². The van der Waals surface area contributed by atoms with Crippen LogP contribution in [0.4, 0.5) is 0 Å². The van der Waals surface area contributed by atoms with Gasteiger partial charge in [-0.1, -0.05) is 62.4 Å². The molecule has 0 aromatic heterocycles. The molecule has 36 heavy (non-hydrogen) atoms. The Morgan fingerprint density at radius 2 is 1.14 bits per heavy atom. The molecule has 4 aromatic rings. The molecule has 0 saturated heterocycles. The molecule has 3 nitrogen and oxygen atoms in total. The Balaban J connectivity index is 1.28. The normalized spacial score (nSPS) is 12.8. The third-order valence-electron chi connectivity index (χ3n) is 6.09. The molecular formula is C32H35O3S+. The minimum Gasteiger partial charge on any atom is -0.491 e.